The van der Waals surface area contributed by atoms with E-state index in [-0.39, 0.29) is 29.0 Å². The normalized spacial score (nSPS) is 22.8. The summed E-state index contributed by atoms with van der Waals surface area (Å²) in [6, 6.07) is 5.10. The predicted molar refractivity (Wildman–Crippen MR) is 124 cm³/mol. The number of halogens is 4. The molecule has 1 heterocycles. The van der Waals surface area contributed by atoms with Gasteiger partial charge in [-0.25, -0.2) is 13.2 Å². The second kappa shape index (κ2) is 10.8. The van der Waals surface area contributed by atoms with Crippen molar-refractivity contribution < 1.29 is 27.0 Å². The summed E-state index contributed by atoms with van der Waals surface area (Å²) >= 11 is 0. The molecular formula is C28H32F4O2. The van der Waals surface area contributed by atoms with Crippen LogP contribution < -0.4 is 4.74 Å². The third-order valence-electron chi connectivity index (χ3n) is 7.24. The van der Waals surface area contributed by atoms with Gasteiger partial charge in [-0.3, -0.25) is 0 Å². The van der Waals surface area contributed by atoms with E-state index in [0.29, 0.717) is 12.3 Å². The van der Waals surface area contributed by atoms with Crippen molar-refractivity contribution in [2.24, 2.45) is 11.8 Å². The number of ether oxygens (including phenoxy) is 2. The van der Waals surface area contributed by atoms with E-state index in [9.17, 15) is 13.2 Å². The number of allylic oxidation sites excluding steroid dienone is 1. The van der Waals surface area contributed by atoms with Crippen LogP contribution in [-0.4, -0.2) is 6.61 Å². The Morgan fingerprint density at radius 3 is 2.12 bits per heavy atom. The maximum atomic E-state index is 15.0. The van der Waals surface area contributed by atoms with Gasteiger partial charge in [0.1, 0.15) is 6.10 Å². The van der Waals surface area contributed by atoms with Crippen LogP contribution in [0.1, 0.15) is 76.9 Å². The lowest BCUT2D eigenvalue weighted by atomic mass is 9.76. The molecule has 184 valence electrons. The largest absolute Gasteiger partial charge is 0.493 e. The SMILES string of the molecule is CCCC1CCC(C2=COC(c3ccc(-c4ccc(OCC)c(F)c4F)c(F)c3F)CC2)CC1. The summed E-state index contributed by atoms with van der Waals surface area (Å²) in [4.78, 5) is 0. The maximum Gasteiger partial charge on any atom is 0.201 e. The van der Waals surface area contributed by atoms with Crippen LogP contribution in [0.25, 0.3) is 11.1 Å². The molecule has 0 aromatic heterocycles. The Balaban J connectivity index is 1.49. The first kappa shape index (κ1) is 24.6. The summed E-state index contributed by atoms with van der Waals surface area (Å²) in [7, 11) is 0. The van der Waals surface area contributed by atoms with Gasteiger partial charge in [-0.2, -0.15) is 4.39 Å². The zero-order chi connectivity index (χ0) is 24.2. The highest BCUT2D eigenvalue weighted by molar-refractivity contribution is 5.66. The second-order valence-electron chi connectivity index (χ2n) is 9.37. The van der Waals surface area contributed by atoms with E-state index in [1.165, 1.54) is 55.5 Å². The first-order valence-corrected chi connectivity index (χ1v) is 12.4. The highest BCUT2D eigenvalue weighted by atomic mass is 19.2. The number of hydrogen-bond donors (Lipinski definition) is 0. The van der Waals surface area contributed by atoms with Gasteiger partial charge < -0.3 is 9.47 Å². The fourth-order valence-electron chi connectivity index (χ4n) is 5.38. The number of hydrogen-bond acceptors (Lipinski definition) is 2. The van der Waals surface area contributed by atoms with Crippen molar-refractivity contribution in [3.63, 3.8) is 0 Å². The van der Waals surface area contributed by atoms with Crippen LogP contribution in [0, 0.1) is 35.1 Å². The van der Waals surface area contributed by atoms with E-state index >= 15 is 4.39 Å². The van der Waals surface area contributed by atoms with E-state index in [1.807, 2.05) is 0 Å². The summed E-state index contributed by atoms with van der Waals surface area (Å²) < 4.78 is 69.6. The second-order valence-corrected chi connectivity index (χ2v) is 9.37. The molecule has 34 heavy (non-hydrogen) atoms. The average molecular weight is 477 g/mol. The molecule has 0 spiro atoms. The highest BCUT2D eigenvalue weighted by Crippen LogP contribution is 2.42. The third kappa shape index (κ3) is 4.96. The van der Waals surface area contributed by atoms with Crippen molar-refractivity contribution in [3.8, 4) is 16.9 Å². The molecule has 0 radical (unpaired) electrons. The summed E-state index contributed by atoms with van der Waals surface area (Å²) in [5.74, 6) is -3.73. The van der Waals surface area contributed by atoms with Crippen LogP contribution in [0.4, 0.5) is 17.6 Å². The minimum absolute atomic E-state index is 0.0926. The van der Waals surface area contributed by atoms with E-state index in [1.54, 1.807) is 13.2 Å². The summed E-state index contributed by atoms with van der Waals surface area (Å²) in [5, 5.41) is 0. The average Bonchev–Trinajstić information content (AvgIpc) is 2.85. The van der Waals surface area contributed by atoms with Crippen molar-refractivity contribution in [3.05, 3.63) is 64.9 Å². The quantitative estimate of drug-likeness (QED) is 0.372. The molecule has 2 aromatic rings. The standard InChI is InChI=1S/C28H32F4O2/c1-3-5-17-6-8-18(9-7-17)19-10-14-23(34-16-19)22-12-11-20(25(29)27(22)31)21-13-15-24(33-4-2)28(32)26(21)30/h11-13,15-18,23H,3-10,14H2,1-2H3. The zero-order valence-electron chi connectivity index (χ0n) is 19.8. The molecule has 0 saturated heterocycles. The summed E-state index contributed by atoms with van der Waals surface area (Å²) in [6.45, 7) is 4.03. The molecule has 4 rings (SSSR count). The van der Waals surface area contributed by atoms with Crippen molar-refractivity contribution in [2.75, 3.05) is 6.61 Å². The van der Waals surface area contributed by atoms with Crippen LogP contribution in [0.15, 0.2) is 36.1 Å². The van der Waals surface area contributed by atoms with Gasteiger partial charge in [-0.05, 0) is 75.0 Å². The molecule has 2 aliphatic rings. The van der Waals surface area contributed by atoms with Crippen molar-refractivity contribution >= 4 is 0 Å². The minimum Gasteiger partial charge on any atom is -0.493 e. The monoisotopic (exact) mass is 476 g/mol. The molecule has 0 bridgehead atoms. The fourth-order valence-corrected chi connectivity index (χ4v) is 5.38. The smallest absolute Gasteiger partial charge is 0.201 e. The number of rotatable bonds is 7. The third-order valence-corrected chi connectivity index (χ3v) is 7.24. The van der Waals surface area contributed by atoms with Crippen LogP contribution in [-0.2, 0) is 4.74 Å². The Hall–Kier alpha value is -2.50. The molecular weight excluding hydrogens is 444 g/mol. The van der Waals surface area contributed by atoms with Gasteiger partial charge >= 0.3 is 0 Å². The Labute approximate surface area is 199 Å². The lowest BCUT2D eigenvalue weighted by Crippen LogP contribution is -2.19. The molecule has 2 aromatic carbocycles. The van der Waals surface area contributed by atoms with Gasteiger partial charge in [0, 0.05) is 16.7 Å². The van der Waals surface area contributed by atoms with Crippen molar-refractivity contribution in [1.29, 1.82) is 0 Å². The van der Waals surface area contributed by atoms with Gasteiger partial charge in [-0.1, -0.05) is 31.9 Å². The van der Waals surface area contributed by atoms with E-state index in [4.69, 9.17) is 9.47 Å². The Morgan fingerprint density at radius 2 is 1.50 bits per heavy atom. The molecule has 1 atom stereocenters. The van der Waals surface area contributed by atoms with Crippen LogP contribution in [0.3, 0.4) is 0 Å². The summed E-state index contributed by atoms with van der Waals surface area (Å²) in [6.07, 6.45) is 9.79. The molecule has 2 nitrogen and oxygen atoms in total. The minimum atomic E-state index is -1.27. The van der Waals surface area contributed by atoms with Gasteiger partial charge in [0.05, 0.1) is 12.9 Å². The Morgan fingerprint density at radius 1 is 0.824 bits per heavy atom. The maximum absolute atomic E-state index is 15.0. The van der Waals surface area contributed by atoms with E-state index in [2.05, 4.69) is 6.92 Å². The van der Waals surface area contributed by atoms with E-state index < -0.39 is 29.4 Å². The van der Waals surface area contributed by atoms with Crippen LogP contribution in [0.5, 0.6) is 5.75 Å². The zero-order valence-corrected chi connectivity index (χ0v) is 19.8. The Kier molecular flexibility index (Phi) is 7.84. The molecule has 6 heteroatoms. The molecule has 1 unspecified atom stereocenters. The number of benzene rings is 2. The lowest BCUT2D eigenvalue weighted by molar-refractivity contribution is 0.109. The van der Waals surface area contributed by atoms with Gasteiger partial charge in [0.15, 0.2) is 23.2 Å². The lowest BCUT2D eigenvalue weighted by Gasteiger charge is -2.33. The van der Waals surface area contributed by atoms with Crippen molar-refractivity contribution in [2.45, 2.75) is 71.3 Å². The molecule has 0 amide bonds. The van der Waals surface area contributed by atoms with Crippen LogP contribution in [0.2, 0.25) is 0 Å². The molecule has 0 N–H and O–H groups in total. The highest BCUT2D eigenvalue weighted by Gasteiger charge is 2.29. The molecule has 1 fully saturated rings. The van der Waals surface area contributed by atoms with Crippen LogP contribution >= 0.6 is 0 Å². The van der Waals surface area contributed by atoms with Crippen molar-refractivity contribution in [1.82, 2.24) is 0 Å². The molecule has 1 aliphatic carbocycles. The van der Waals surface area contributed by atoms with Gasteiger partial charge in [0.25, 0.3) is 0 Å². The van der Waals surface area contributed by atoms with Gasteiger partial charge in [0.2, 0.25) is 5.82 Å². The summed E-state index contributed by atoms with van der Waals surface area (Å²) in [5.41, 5.74) is 0.663. The molecule has 1 saturated carbocycles. The fraction of sp³-hybridized carbons (Fsp3) is 0.500. The predicted octanol–water partition coefficient (Wildman–Crippen LogP) is 8.65. The Bertz CT molecular complexity index is 1040. The van der Waals surface area contributed by atoms with E-state index in [0.717, 1.165) is 25.2 Å². The first-order valence-electron chi connectivity index (χ1n) is 12.4. The first-order chi connectivity index (χ1) is 16.4. The molecule has 1 aliphatic heterocycles. The topological polar surface area (TPSA) is 18.5 Å². The van der Waals surface area contributed by atoms with Gasteiger partial charge in [-0.15, -0.1) is 0 Å².